The number of fused-ring (bicyclic) bond motifs is 3. The summed E-state index contributed by atoms with van der Waals surface area (Å²) in [6.07, 6.45) is 2.61. The summed E-state index contributed by atoms with van der Waals surface area (Å²) in [4.78, 5) is 20.0. The van der Waals surface area contributed by atoms with Crippen LogP contribution in [0, 0.1) is 0 Å². The number of carbonyl (C=O) groups excluding carboxylic acids is 1. The van der Waals surface area contributed by atoms with Crippen LogP contribution in [-0.2, 0) is 13.0 Å². The van der Waals surface area contributed by atoms with Gasteiger partial charge in [0.15, 0.2) is 5.82 Å². The number of anilines is 1. The molecule has 6 heteroatoms. The number of rotatable bonds is 4. The Morgan fingerprint density at radius 3 is 2.60 bits per heavy atom. The molecule has 0 atom stereocenters. The summed E-state index contributed by atoms with van der Waals surface area (Å²) in [7, 11) is 0. The lowest BCUT2D eigenvalue weighted by Crippen LogP contribution is -2.10. The van der Waals surface area contributed by atoms with Crippen molar-refractivity contribution in [1.82, 2.24) is 14.5 Å². The Morgan fingerprint density at radius 1 is 1.08 bits per heavy atom. The van der Waals surface area contributed by atoms with E-state index in [9.17, 15) is 4.79 Å². The number of aromatic nitrogens is 3. The zero-order valence-corrected chi connectivity index (χ0v) is 13.5. The Balaban J connectivity index is 1.69. The summed E-state index contributed by atoms with van der Waals surface area (Å²) >= 11 is 0. The van der Waals surface area contributed by atoms with Crippen LogP contribution in [0.15, 0.2) is 54.9 Å². The number of amides is 1. The third-order valence-electron chi connectivity index (χ3n) is 4.36. The number of imidazole rings is 1. The molecule has 4 N–H and O–H groups in total. The molecule has 0 saturated carbocycles. The van der Waals surface area contributed by atoms with Gasteiger partial charge < -0.3 is 16.0 Å². The molecule has 1 amide bonds. The van der Waals surface area contributed by atoms with Crippen LogP contribution in [0.2, 0.25) is 0 Å². The fraction of sp³-hybridized carbons (Fsp3) is 0.105. The normalized spacial score (nSPS) is 11.2. The number of nitrogens with zero attached hydrogens (tertiary/aromatic N) is 3. The first-order valence-corrected chi connectivity index (χ1v) is 8.01. The molecule has 2 aromatic heterocycles. The van der Waals surface area contributed by atoms with Crippen LogP contribution in [0.3, 0.4) is 0 Å². The highest BCUT2D eigenvalue weighted by Crippen LogP contribution is 2.27. The molecular weight excluding hydrogens is 314 g/mol. The van der Waals surface area contributed by atoms with Crippen LogP contribution < -0.4 is 11.5 Å². The van der Waals surface area contributed by atoms with Crippen molar-refractivity contribution < 1.29 is 4.79 Å². The van der Waals surface area contributed by atoms with Gasteiger partial charge in [0.1, 0.15) is 5.52 Å². The lowest BCUT2D eigenvalue weighted by Gasteiger charge is -2.08. The minimum absolute atomic E-state index is 0.415. The van der Waals surface area contributed by atoms with Crippen LogP contribution in [-0.4, -0.2) is 20.4 Å². The first kappa shape index (κ1) is 15.1. The molecule has 4 rings (SSSR count). The largest absolute Gasteiger partial charge is 0.382 e. The number of nitrogens with two attached hydrogens (primary N) is 2. The maximum absolute atomic E-state index is 11.2. The molecule has 124 valence electrons. The van der Waals surface area contributed by atoms with Crippen molar-refractivity contribution in [3.8, 4) is 0 Å². The van der Waals surface area contributed by atoms with E-state index < -0.39 is 5.91 Å². The zero-order chi connectivity index (χ0) is 17.4. The molecule has 2 heterocycles. The van der Waals surface area contributed by atoms with Crippen LogP contribution in [0.25, 0.3) is 21.9 Å². The SMILES string of the molecule is NC(=O)c1ccc(CCn2cnc3c(N)nc4ccccc4c32)cc1. The molecule has 0 aliphatic heterocycles. The summed E-state index contributed by atoms with van der Waals surface area (Å²) in [5.41, 5.74) is 15.6. The van der Waals surface area contributed by atoms with Gasteiger partial charge in [0.2, 0.25) is 5.91 Å². The van der Waals surface area contributed by atoms with Gasteiger partial charge in [-0.1, -0.05) is 30.3 Å². The number of benzene rings is 2. The van der Waals surface area contributed by atoms with Crippen molar-refractivity contribution in [3.63, 3.8) is 0 Å². The first-order valence-electron chi connectivity index (χ1n) is 8.01. The van der Waals surface area contributed by atoms with E-state index in [1.54, 1.807) is 18.5 Å². The van der Waals surface area contributed by atoms with Gasteiger partial charge in [-0.2, -0.15) is 0 Å². The molecule has 4 aromatic rings. The van der Waals surface area contributed by atoms with E-state index >= 15 is 0 Å². The maximum atomic E-state index is 11.2. The molecule has 0 saturated heterocycles. The topological polar surface area (TPSA) is 99.8 Å². The molecular formula is C19H17N5O. The molecule has 0 fully saturated rings. The lowest BCUT2D eigenvalue weighted by molar-refractivity contribution is 0.100. The standard InChI is InChI=1S/C19H17N5O/c20-18-16-17(14-3-1-2-4-15(14)23-18)24(11-22-16)10-9-12-5-7-13(8-6-12)19(21)25/h1-8,11H,9-10H2,(H2,20,23)(H2,21,25). The number of carbonyl (C=O) groups is 1. The highest BCUT2D eigenvalue weighted by atomic mass is 16.1. The Kier molecular flexibility index (Phi) is 3.57. The molecule has 25 heavy (non-hydrogen) atoms. The third kappa shape index (κ3) is 2.67. The Morgan fingerprint density at radius 2 is 1.84 bits per heavy atom. The van der Waals surface area contributed by atoms with Crippen LogP contribution in [0.5, 0.6) is 0 Å². The molecule has 0 bridgehead atoms. The minimum atomic E-state index is -0.415. The van der Waals surface area contributed by atoms with E-state index in [1.165, 1.54) is 0 Å². The van der Waals surface area contributed by atoms with Crippen LogP contribution in [0.4, 0.5) is 5.82 Å². The van der Waals surface area contributed by atoms with Crippen molar-refractivity contribution in [2.75, 3.05) is 5.73 Å². The summed E-state index contributed by atoms with van der Waals surface area (Å²) in [6, 6.07) is 15.3. The Hall–Kier alpha value is -3.41. The average molecular weight is 331 g/mol. The number of primary amides is 1. The summed E-state index contributed by atoms with van der Waals surface area (Å²) in [6.45, 7) is 0.750. The van der Waals surface area contributed by atoms with Gasteiger partial charge in [-0.25, -0.2) is 9.97 Å². The van der Waals surface area contributed by atoms with Crippen molar-refractivity contribution in [2.24, 2.45) is 5.73 Å². The molecule has 0 spiro atoms. The predicted octanol–water partition coefficient (Wildman–Crippen LogP) is 2.51. The smallest absolute Gasteiger partial charge is 0.248 e. The molecule has 0 radical (unpaired) electrons. The zero-order valence-electron chi connectivity index (χ0n) is 13.5. The van der Waals surface area contributed by atoms with E-state index in [0.29, 0.717) is 11.4 Å². The molecule has 0 aliphatic carbocycles. The number of hydrogen-bond donors (Lipinski definition) is 2. The number of pyridine rings is 1. The molecule has 6 nitrogen and oxygen atoms in total. The monoisotopic (exact) mass is 331 g/mol. The fourth-order valence-corrected chi connectivity index (χ4v) is 3.06. The van der Waals surface area contributed by atoms with Gasteiger partial charge in [0.05, 0.1) is 17.4 Å². The number of para-hydroxylation sites is 1. The maximum Gasteiger partial charge on any atom is 0.248 e. The second kappa shape index (κ2) is 5.90. The summed E-state index contributed by atoms with van der Waals surface area (Å²) < 4.78 is 2.09. The Bertz CT molecular complexity index is 1080. The number of nitrogen functional groups attached to an aromatic ring is 1. The first-order chi connectivity index (χ1) is 12.1. The number of aryl methyl sites for hydroxylation is 2. The second-order valence-corrected chi connectivity index (χ2v) is 5.96. The van der Waals surface area contributed by atoms with Crippen LogP contribution in [0.1, 0.15) is 15.9 Å². The second-order valence-electron chi connectivity index (χ2n) is 5.96. The van der Waals surface area contributed by atoms with Gasteiger partial charge in [-0.15, -0.1) is 0 Å². The van der Waals surface area contributed by atoms with E-state index in [2.05, 4.69) is 14.5 Å². The molecule has 2 aromatic carbocycles. The highest BCUT2D eigenvalue weighted by molar-refractivity contribution is 6.06. The summed E-state index contributed by atoms with van der Waals surface area (Å²) in [5.74, 6) is 0.0276. The average Bonchev–Trinajstić information content (AvgIpc) is 3.05. The Labute approximate surface area is 144 Å². The van der Waals surface area contributed by atoms with Crippen molar-refractivity contribution >= 4 is 33.7 Å². The van der Waals surface area contributed by atoms with E-state index in [1.807, 2.05) is 36.4 Å². The quantitative estimate of drug-likeness (QED) is 0.600. The van der Waals surface area contributed by atoms with Gasteiger partial charge in [0.25, 0.3) is 0 Å². The lowest BCUT2D eigenvalue weighted by atomic mass is 10.1. The molecule has 0 unspecified atom stereocenters. The fourth-order valence-electron chi connectivity index (χ4n) is 3.06. The van der Waals surface area contributed by atoms with Gasteiger partial charge in [-0.05, 0) is 30.2 Å². The van der Waals surface area contributed by atoms with Crippen molar-refractivity contribution in [1.29, 1.82) is 0 Å². The van der Waals surface area contributed by atoms with Gasteiger partial charge in [0, 0.05) is 17.5 Å². The van der Waals surface area contributed by atoms with Gasteiger partial charge >= 0.3 is 0 Å². The van der Waals surface area contributed by atoms with E-state index in [0.717, 1.165) is 40.5 Å². The third-order valence-corrected chi connectivity index (χ3v) is 4.36. The minimum Gasteiger partial charge on any atom is -0.382 e. The summed E-state index contributed by atoms with van der Waals surface area (Å²) in [5, 5.41) is 1.04. The van der Waals surface area contributed by atoms with E-state index in [-0.39, 0.29) is 0 Å². The predicted molar refractivity (Wildman–Crippen MR) is 98.1 cm³/mol. The van der Waals surface area contributed by atoms with Crippen LogP contribution >= 0.6 is 0 Å². The highest BCUT2D eigenvalue weighted by Gasteiger charge is 2.12. The van der Waals surface area contributed by atoms with Crippen molar-refractivity contribution in [2.45, 2.75) is 13.0 Å². The van der Waals surface area contributed by atoms with Crippen molar-refractivity contribution in [3.05, 3.63) is 66.0 Å². The number of hydrogen-bond acceptors (Lipinski definition) is 4. The van der Waals surface area contributed by atoms with Gasteiger partial charge in [-0.3, -0.25) is 4.79 Å². The van der Waals surface area contributed by atoms with E-state index in [4.69, 9.17) is 11.5 Å². The molecule has 0 aliphatic rings.